The van der Waals surface area contributed by atoms with Crippen LogP contribution in [0, 0.1) is 0 Å². The molecule has 0 aromatic carbocycles. The molecule has 0 saturated carbocycles. The Bertz CT molecular complexity index is 470. The van der Waals surface area contributed by atoms with Gasteiger partial charge in [-0.1, -0.05) is 0 Å². The molecule has 0 atom stereocenters. The maximum atomic E-state index is 11.2. The summed E-state index contributed by atoms with van der Waals surface area (Å²) in [6.45, 7) is -0.534. The predicted molar refractivity (Wildman–Crippen MR) is 83.0 cm³/mol. The van der Waals surface area contributed by atoms with E-state index in [0.717, 1.165) is 19.6 Å². The van der Waals surface area contributed by atoms with Gasteiger partial charge in [0, 0.05) is 52.4 Å². The van der Waals surface area contributed by atoms with Crippen LogP contribution in [0.25, 0.3) is 0 Å². The Balaban J connectivity index is 2.92. The van der Waals surface area contributed by atoms with Gasteiger partial charge in [0.25, 0.3) is 0 Å². The molecular weight excluding hydrogens is 340 g/mol. The van der Waals surface area contributed by atoms with E-state index >= 15 is 0 Å². The minimum absolute atomic E-state index is 0.0508. The molecule has 12 nitrogen and oxygen atoms in total. The number of carboxylic acid groups (broad SMARTS) is 4. The van der Waals surface area contributed by atoms with E-state index in [1.807, 2.05) is 0 Å². The zero-order valence-corrected chi connectivity index (χ0v) is 13.6. The Kier molecular flexibility index (Phi) is 7.56. The lowest BCUT2D eigenvalue weighted by Gasteiger charge is -2.26. The van der Waals surface area contributed by atoms with Gasteiger partial charge in [0.15, 0.2) is 0 Å². The molecular formula is C13H22N4O8. The Labute approximate surface area is 143 Å². The summed E-state index contributed by atoms with van der Waals surface area (Å²) in [6.07, 6.45) is -4.79. The van der Waals surface area contributed by atoms with Gasteiger partial charge < -0.3 is 40.0 Å². The van der Waals surface area contributed by atoms with Crippen molar-refractivity contribution in [1.29, 1.82) is 0 Å². The molecule has 4 N–H and O–H groups in total. The number of nitrogens with zero attached hydrogens (tertiary/aromatic N) is 4. The molecule has 1 heterocycles. The minimum Gasteiger partial charge on any atom is -0.465 e. The van der Waals surface area contributed by atoms with Crippen molar-refractivity contribution in [2.24, 2.45) is 0 Å². The minimum atomic E-state index is -1.28. The molecule has 0 aromatic heterocycles. The van der Waals surface area contributed by atoms with Crippen molar-refractivity contribution in [3.05, 3.63) is 0 Å². The standard InChI is InChI=1S/C13H22N4O8/c18-10(19)14-2-1-3-15(11(20)21)5-7-17(13(24)25)9-8-16(6-4-14)12(22)23/h1-9H2,(H,18,19)(H,20,21)(H,22,23)(H,24,25). The largest absolute Gasteiger partial charge is 0.465 e. The molecule has 1 aliphatic rings. The third kappa shape index (κ3) is 6.61. The van der Waals surface area contributed by atoms with E-state index in [0.29, 0.717) is 0 Å². The van der Waals surface area contributed by atoms with Crippen molar-refractivity contribution in [3.8, 4) is 0 Å². The van der Waals surface area contributed by atoms with Gasteiger partial charge in [-0.3, -0.25) is 0 Å². The molecule has 1 fully saturated rings. The zero-order chi connectivity index (χ0) is 19.0. The van der Waals surface area contributed by atoms with Gasteiger partial charge in [-0.25, -0.2) is 19.2 Å². The summed E-state index contributed by atoms with van der Waals surface area (Å²) in [4.78, 5) is 48.8. The normalized spacial score (nSPS) is 17.9. The van der Waals surface area contributed by atoms with E-state index in [2.05, 4.69) is 0 Å². The predicted octanol–water partition coefficient (Wildman–Crippen LogP) is 0.310. The van der Waals surface area contributed by atoms with Crippen LogP contribution in [0.1, 0.15) is 6.42 Å². The number of carbonyl (C=O) groups is 4. The third-order valence-electron chi connectivity index (χ3n) is 3.86. The smallest absolute Gasteiger partial charge is 0.407 e. The van der Waals surface area contributed by atoms with Crippen LogP contribution >= 0.6 is 0 Å². The Hall–Kier alpha value is -2.92. The first kappa shape index (κ1) is 20.1. The maximum Gasteiger partial charge on any atom is 0.407 e. The summed E-state index contributed by atoms with van der Waals surface area (Å²) < 4.78 is 0. The summed E-state index contributed by atoms with van der Waals surface area (Å²) in [7, 11) is 0. The molecule has 1 saturated heterocycles. The highest BCUT2D eigenvalue weighted by Crippen LogP contribution is 2.03. The number of rotatable bonds is 0. The molecule has 0 radical (unpaired) electrons. The summed E-state index contributed by atoms with van der Waals surface area (Å²) in [5.41, 5.74) is 0. The van der Waals surface area contributed by atoms with Crippen LogP contribution in [0.15, 0.2) is 0 Å². The SMILES string of the molecule is O=C(O)N1CCCN(C(=O)O)CCN(C(=O)O)CCN(C(=O)O)CC1. The maximum absolute atomic E-state index is 11.2. The van der Waals surface area contributed by atoms with Crippen molar-refractivity contribution < 1.29 is 39.6 Å². The lowest BCUT2D eigenvalue weighted by Crippen LogP contribution is -2.45. The second-order valence-electron chi connectivity index (χ2n) is 5.43. The van der Waals surface area contributed by atoms with Crippen molar-refractivity contribution in [2.75, 3.05) is 52.4 Å². The van der Waals surface area contributed by atoms with E-state index in [9.17, 15) is 29.4 Å². The molecule has 142 valence electrons. The summed E-state index contributed by atoms with van der Waals surface area (Å²) in [5.74, 6) is 0. The van der Waals surface area contributed by atoms with Crippen LogP contribution in [0.2, 0.25) is 0 Å². The van der Waals surface area contributed by atoms with Crippen LogP contribution in [0.3, 0.4) is 0 Å². The van der Waals surface area contributed by atoms with Crippen LogP contribution in [0.4, 0.5) is 19.2 Å². The molecule has 12 heteroatoms. The van der Waals surface area contributed by atoms with E-state index in [-0.39, 0.29) is 58.8 Å². The van der Waals surface area contributed by atoms with Crippen molar-refractivity contribution in [3.63, 3.8) is 0 Å². The quantitative estimate of drug-likeness (QED) is 0.478. The second kappa shape index (κ2) is 9.39. The molecule has 0 spiro atoms. The Morgan fingerprint density at radius 3 is 0.840 bits per heavy atom. The van der Waals surface area contributed by atoms with Crippen LogP contribution in [0.5, 0.6) is 0 Å². The molecule has 4 amide bonds. The average Bonchev–Trinajstić information content (AvgIpc) is 2.53. The Morgan fingerprint density at radius 1 is 0.440 bits per heavy atom. The van der Waals surface area contributed by atoms with E-state index in [1.165, 1.54) is 0 Å². The van der Waals surface area contributed by atoms with Gasteiger partial charge >= 0.3 is 24.4 Å². The monoisotopic (exact) mass is 362 g/mol. The Morgan fingerprint density at radius 2 is 0.640 bits per heavy atom. The molecule has 0 aromatic rings. The first-order chi connectivity index (χ1) is 11.7. The second-order valence-corrected chi connectivity index (χ2v) is 5.43. The van der Waals surface area contributed by atoms with Crippen LogP contribution in [-0.2, 0) is 0 Å². The molecule has 0 bridgehead atoms. The fourth-order valence-electron chi connectivity index (χ4n) is 2.39. The van der Waals surface area contributed by atoms with Crippen LogP contribution < -0.4 is 0 Å². The third-order valence-corrected chi connectivity index (χ3v) is 3.86. The van der Waals surface area contributed by atoms with Gasteiger partial charge in [0.05, 0.1) is 0 Å². The fourth-order valence-corrected chi connectivity index (χ4v) is 2.39. The highest BCUT2D eigenvalue weighted by Gasteiger charge is 2.22. The van der Waals surface area contributed by atoms with E-state index in [4.69, 9.17) is 10.2 Å². The summed E-state index contributed by atoms with van der Waals surface area (Å²) >= 11 is 0. The molecule has 25 heavy (non-hydrogen) atoms. The van der Waals surface area contributed by atoms with Gasteiger partial charge in [-0.15, -0.1) is 0 Å². The average molecular weight is 362 g/mol. The first-order valence-electron chi connectivity index (χ1n) is 7.64. The van der Waals surface area contributed by atoms with Gasteiger partial charge in [0.1, 0.15) is 0 Å². The summed E-state index contributed by atoms with van der Waals surface area (Å²) in [6, 6.07) is 0. The lowest BCUT2D eigenvalue weighted by atomic mass is 10.3. The van der Waals surface area contributed by atoms with Crippen molar-refractivity contribution >= 4 is 24.4 Å². The number of amides is 4. The topological polar surface area (TPSA) is 162 Å². The molecule has 0 unspecified atom stereocenters. The lowest BCUT2D eigenvalue weighted by molar-refractivity contribution is 0.111. The molecule has 1 aliphatic heterocycles. The highest BCUT2D eigenvalue weighted by atomic mass is 16.4. The van der Waals surface area contributed by atoms with Gasteiger partial charge in [0.2, 0.25) is 0 Å². The molecule has 1 rings (SSSR count). The van der Waals surface area contributed by atoms with Gasteiger partial charge in [-0.2, -0.15) is 0 Å². The van der Waals surface area contributed by atoms with Crippen molar-refractivity contribution in [2.45, 2.75) is 6.42 Å². The first-order valence-corrected chi connectivity index (χ1v) is 7.64. The van der Waals surface area contributed by atoms with Crippen molar-refractivity contribution in [1.82, 2.24) is 19.6 Å². The molecule has 0 aliphatic carbocycles. The van der Waals surface area contributed by atoms with E-state index < -0.39 is 24.4 Å². The highest BCUT2D eigenvalue weighted by molar-refractivity contribution is 5.68. The fraction of sp³-hybridized carbons (Fsp3) is 0.692. The zero-order valence-electron chi connectivity index (χ0n) is 13.6. The number of hydrogen-bond acceptors (Lipinski definition) is 4. The summed E-state index contributed by atoms with van der Waals surface area (Å²) in [5, 5.41) is 36.7. The van der Waals surface area contributed by atoms with Crippen LogP contribution in [-0.4, -0.2) is 117 Å². The van der Waals surface area contributed by atoms with E-state index in [1.54, 1.807) is 0 Å². The number of hydrogen-bond donors (Lipinski definition) is 4. The van der Waals surface area contributed by atoms with Gasteiger partial charge in [-0.05, 0) is 6.42 Å².